The number of aromatic nitrogens is 3. The van der Waals surface area contributed by atoms with Gasteiger partial charge in [-0.15, -0.1) is 0 Å². The minimum Gasteiger partial charge on any atom is -0.444 e. The Morgan fingerprint density at radius 2 is 2.10 bits per heavy atom. The van der Waals surface area contributed by atoms with E-state index in [2.05, 4.69) is 15.4 Å². The molecule has 1 saturated heterocycles. The van der Waals surface area contributed by atoms with Crippen molar-refractivity contribution in [3.8, 4) is 11.1 Å². The molecule has 0 spiro atoms. The maximum atomic E-state index is 14.5. The van der Waals surface area contributed by atoms with Gasteiger partial charge in [-0.25, -0.2) is 18.9 Å². The fourth-order valence-electron chi connectivity index (χ4n) is 3.23. The first-order valence-electron chi connectivity index (χ1n) is 9.40. The minimum atomic E-state index is -2.77. The standard InChI is InChI=1S/C19H23ClF3N5O2/c1-19(2,3)30-18(29)26-14-10-27(5-4-13(14)21)15-6-16(20)24-8-12(15)11-7-25-28(9-11)17(22)23/h6-9,13-14,17H,4-5,10H2,1-3H3,(H,26,29)/t13-,14+/m0/s1. The monoisotopic (exact) mass is 445 g/mol. The smallest absolute Gasteiger partial charge is 0.408 e. The van der Waals surface area contributed by atoms with Crippen molar-refractivity contribution < 1.29 is 22.7 Å². The quantitative estimate of drug-likeness (QED) is 0.704. The predicted molar refractivity (Wildman–Crippen MR) is 107 cm³/mol. The van der Waals surface area contributed by atoms with Crippen LogP contribution in [0.5, 0.6) is 0 Å². The van der Waals surface area contributed by atoms with Crippen molar-refractivity contribution in [2.75, 3.05) is 18.0 Å². The second-order valence-electron chi connectivity index (χ2n) is 8.01. The SMILES string of the molecule is CC(C)(C)OC(=O)N[C@@H]1CN(c2cc(Cl)ncc2-c2cnn(C(F)F)c2)CC[C@@H]1F. The highest BCUT2D eigenvalue weighted by Gasteiger charge is 2.33. The van der Waals surface area contributed by atoms with E-state index >= 15 is 0 Å². The molecule has 7 nitrogen and oxygen atoms in total. The zero-order valence-corrected chi connectivity index (χ0v) is 17.5. The van der Waals surface area contributed by atoms with Crippen LogP contribution in [0.15, 0.2) is 24.7 Å². The van der Waals surface area contributed by atoms with Crippen LogP contribution in [0.25, 0.3) is 11.1 Å². The van der Waals surface area contributed by atoms with Crippen molar-refractivity contribution in [2.45, 2.75) is 51.6 Å². The molecule has 164 valence electrons. The Hall–Kier alpha value is -2.49. The van der Waals surface area contributed by atoms with E-state index in [0.29, 0.717) is 28.0 Å². The number of hydrogen-bond donors (Lipinski definition) is 1. The fourth-order valence-corrected chi connectivity index (χ4v) is 3.38. The highest BCUT2D eigenvalue weighted by molar-refractivity contribution is 6.29. The van der Waals surface area contributed by atoms with Crippen molar-refractivity contribution >= 4 is 23.4 Å². The Morgan fingerprint density at radius 1 is 1.37 bits per heavy atom. The number of halogens is 4. The average molecular weight is 446 g/mol. The molecular weight excluding hydrogens is 423 g/mol. The van der Waals surface area contributed by atoms with Gasteiger partial charge in [0.25, 0.3) is 0 Å². The molecule has 1 aliphatic rings. The number of carbonyl (C=O) groups is 1. The van der Waals surface area contributed by atoms with Crippen molar-refractivity contribution in [3.05, 3.63) is 29.8 Å². The van der Waals surface area contributed by atoms with Crippen LogP contribution in [0.3, 0.4) is 0 Å². The molecule has 0 aliphatic carbocycles. The lowest BCUT2D eigenvalue weighted by molar-refractivity contribution is 0.0465. The topological polar surface area (TPSA) is 72.3 Å². The van der Waals surface area contributed by atoms with Gasteiger partial charge in [0.1, 0.15) is 16.9 Å². The van der Waals surface area contributed by atoms with E-state index in [0.717, 1.165) is 0 Å². The van der Waals surface area contributed by atoms with Gasteiger partial charge in [0.2, 0.25) is 0 Å². The molecule has 1 aliphatic heterocycles. The van der Waals surface area contributed by atoms with E-state index in [1.807, 2.05) is 4.90 Å². The van der Waals surface area contributed by atoms with Crippen LogP contribution >= 0.6 is 11.6 Å². The summed E-state index contributed by atoms with van der Waals surface area (Å²) in [6, 6.07) is 0.775. The zero-order chi connectivity index (χ0) is 22.1. The van der Waals surface area contributed by atoms with Gasteiger partial charge in [-0.05, 0) is 33.3 Å². The van der Waals surface area contributed by atoms with Crippen LogP contribution in [-0.4, -0.2) is 51.8 Å². The highest BCUT2D eigenvalue weighted by Crippen LogP contribution is 2.34. The van der Waals surface area contributed by atoms with Gasteiger partial charge in [0, 0.05) is 42.3 Å². The van der Waals surface area contributed by atoms with Gasteiger partial charge >= 0.3 is 12.6 Å². The summed E-state index contributed by atoms with van der Waals surface area (Å²) in [6.45, 7) is 2.89. The van der Waals surface area contributed by atoms with E-state index in [4.69, 9.17) is 16.3 Å². The normalized spacial score (nSPS) is 19.8. The van der Waals surface area contributed by atoms with E-state index in [1.54, 1.807) is 26.8 Å². The summed E-state index contributed by atoms with van der Waals surface area (Å²) in [5, 5.41) is 6.43. The summed E-state index contributed by atoms with van der Waals surface area (Å²) in [4.78, 5) is 18.0. The fraction of sp³-hybridized carbons (Fsp3) is 0.526. The molecule has 2 aromatic heterocycles. The van der Waals surface area contributed by atoms with Crippen LogP contribution in [0.4, 0.5) is 23.7 Å². The Bertz CT molecular complexity index is 903. The number of nitrogens with one attached hydrogen (secondary N) is 1. The zero-order valence-electron chi connectivity index (χ0n) is 16.8. The van der Waals surface area contributed by atoms with Crippen molar-refractivity contribution in [3.63, 3.8) is 0 Å². The Kier molecular flexibility index (Phi) is 6.44. The van der Waals surface area contributed by atoms with Gasteiger partial charge in [0.15, 0.2) is 0 Å². The Labute approximate surface area is 177 Å². The second-order valence-corrected chi connectivity index (χ2v) is 8.40. The molecule has 3 rings (SSSR count). The van der Waals surface area contributed by atoms with Crippen molar-refractivity contribution in [2.24, 2.45) is 0 Å². The summed E-state index contributed by atoms with van der Waals surface area (Å²) >= 11 is 6.06. The second kappa shape index (κ2) is 8.71. The molecule has 1 amide bonds. The molecule has 0 saturated carbocycles. The van der Waals surface area contributed by atoms with Crippen LogP contribution in [-0.2, 0) is 4.74 Å². The summed E-state index contributed by atoms with van der Waals surface area (Å²) in [5.74, 6) is 0. The third-order valence-electron chi connectivity index (χ3n) is 4.53. The maximum absolute atomic E-state index is 14.5. The number of piperidine rings is 1. The van der Waals surface area contributed by atoms with Gasteiger partial charge in [-0.2, -0.15) is 13.9 Å². The first kappa shape index (κ1) is 22.2. The van der Waals surface area contributed by atoms with E-state index in [-0.39, 0.29) is 18.1 Å². The first-order chi connectivity index (χ1) is 14.0. The van der Waals surface area contributed by atoms with Crippen LogP contribution in [0.2, 0.25) is 5.15 Å². The van der Waals surface area contributed by atoms with E-state index in [1.165, 1.54) is 18.6 Å². The first-order valence-corrected chi connectivity index (χ1v) is 9.78. The summed E-state index contributed by atoms with van der Waals surface area (Å²) in [5.41, 5.74) is 0.834. The molecule has 1 N–H and O–H groups in total. The van der Waals surface area contributed by atoms with E-state index in [9.17, 15) is 18.0 Å². The number of alkyl halides is 3. The Balaban J connectivity index is 1.84. The number of rotatable bonds is 4. The van der Waals surface area contributed by atoms with Gasteiger partial charge in [-0.3, -0.25) is 0 Å². The average Bonchev–Trinajstić information content (AvgIpc) is 3.12. The lowest BCUT2D eigenvalue weighted by atomic mass is 10.0. The molecule has 11 heteroatoms. The molecule has 30 heavy (non-hydrogen) atoms. The third-order valence-corrected chi connectivity index (χ3v) is 4.74. The molecule has 0 radical (unpaired) electrons. The number of ether oxygens (including phenoxy) is 1. The maximum Gasteiger partial charge on any atom is 0.408 e. The largest absolute Gasteiger partial charge is 0.444 e. The number of hydrogen-bond acceptors (Lipinski definition) is 5. The van der Waals surface area contributed by atoms with Gasteiger partial charge in [-0.1, -0.05) is 11.6 Å². The number of anilines is 1. The number of pyridine rings is 1. The van der Waals surface area contributed by atoms with Crippen molar-refractivity contribution in [1.29, 1.82) is 0 Å². The van der Waals surface area contributed by atoms with Crippen LogP contribution in [0, 0.1) is 0 Å². The predicted octanol–water partition coefficient (Wildman–Crippen LogP) is 4.44. The molecular formula is C19H23ClF3N5O2. The lowest BCUT2D eigenvalue weighted by Gasteiger charge is -2.37. The van der Waals surface area contributed by atoms with Gasteiger partial charge < -0.3 is 15.0 Å². The Morgan fingerprint density at radius 3 is 2.73 bits per heavy atom. The van der Waals surface area contributed by atoms with E-state index < -0.39 is 30.5 Å². The third kappa shape index (κ3) is 5.35. The molecule has 0 aromatic carbocycles. The summed E-state index contributed by atoms with van der Waals surface area (Å²) in [7, 11) is 0. The number of amides is 1. The number of nitrogens with zero attached hydrogens (tertiary/aromatic N) is 4. The molecule has 1 fully saturated rings. The van der Waals surface area contributed by atoms with Crippen LogP contribution in [0.1, 0.15) is 33.7 Å². The highest BCUT2D eigenvalue weighted by atomic mass is 35.5. The number of alkyl carbamates (subject to hydrolysis) is 1. The summed E-state index contributed by atoms with van der Waals surface area (Å²) in [6.07, 6.45) is 2.17. The molecule has 3 heterocycles. The molecule has 0 bridgehead atoms. The minimum absolute atomic E-state index is 0.150. The summed E-state index contributed by atoms with van der Waals surface area (Å²) < 4.78 is 46.1. The molecule has 2 aromatic rings. The van der Waals surface area contributed by atoms with Gasteiger partial charge in [0.05, 0.1) is 12.2 Å². The molecule has 2 atom stereocenters. The molecule has 0 unspecified atom stereocenters. The lowest BCUT2D eigenvalue weighted by Crippen LogP contribution is -2.54. The van der Waals surface area contributed by atoms with Crippen molar-refractivity contribution in [1.82, 2.24) is 20.1 Å². The van der Waals surface area contributed by atoms with Crippen LogP contribution < -0.4 is 10.2 Å². The number of carbonyl (C=O) groups excluding carboxylic acids is 1.